The van der Waals surface area contributed by atoms with E-state index in [1.807, 2.05) is 18.2 Å². The number of anilines is 1. The smallest absolute Gasteiger partial charge is 0.230 e. The van der Waals surface area contributed by atoms with Crippen molar-refractivity contribution in [3.63, 3.8) is 0 Å². The molecule has 0 bridgehead atoms. The molecule has 2 N–H and O–H groups in total. The van der Waals surface area contributed by atoms with Crippen LogP contribution in [0.5, 0.6) is 11.5 Å². The molecule has 6 rings (SSSR count). The number of nitrogens with zero attached hydrogens (tertiary/aromatic N) is 4. The van der Waals surface area contributed by atoms with Gasteiger partial charge in [0, 0.05) is 56.0 Å². The van der Waals surface area contributed by atoms with Crippen LogP contribution in [0.2, 0.25) is 0 Å². The van der Waals surface area contributed by atoms with Crippen molar-refractivity contribution in [2.75, 3.05) is 58.6 Å². The molecular weight excluding hydrogens is 492 g/mol. The number of hydrogen-bond donors (Lipinski definition) is 2. The summed E-state index contributed by atoms with van der Waals surface area (Å²) >= 11 is 5.76. The highest BCUT2D eigenvalue weighted by molar-refractivity contribution is 7.80. The van der Waals surface area contributed by atoms with Gasteiger partial charge in [-0.2, -0.15) is 0 Å². The summed E-state index contributed by atoms with van der Waals surface area (Å²) in [5, 5.41) is 6.24. The minimum atomic E-state index is 0.254. The van der Waals surface area contributed by atoms with Gasteiger partial charge in [-0.3, -0.25) is 0 Å². The number of aromatic nitrogens is 3. The molecule has 1 fully saturated rings. The number of fused-ring (bicyclic) bond motifs is 3. The zero-order valence-corrected chi connectivity index (χ0v) is 21.9. The molecule has 2 atom stereocenters. The summed E-state index contributed by atoms with van der Waals surface area (Å²) in [4.78, 5) is 17.1. The highest BCUT2D eigenvalue weighted by Gasteiger charge is 2.31. The van der Waals surface area contributed by atoms with E-state index >= 15 is 0 Å². The molecule has 2 aromatic heterocycles. The fourth-order valence-electron chi connectivity index (χ4n) is 5.32. The van der Waals surface area contributed by atoms with Crippen molar-refractivity contribution in [3.8, 4) is 11.5 Å². The Morgan fingerprint density at radius 2 is 1.92 bits per heavy atom. The summed E-state index contributed by atoms with van der Waals surface area (Å²) in [6.45, 7) is 6.44. The zero-order chi connectivity index (χ0) is 25.5. The molecule has 37 heavy (non-hydrogen) atoms. The highest BCUT2D eigenvalue weighted by Crippen LogP contribution is 2.38. The molecule has 3 aromatic rings. The van der Waals surface area contributed by atoms with Crippen molar-refractivity contribution >= 4 is 45.1 Å². The quantitative estimate of drug-likeness (QED) is 0.487. The van der Waals surface area contributed by atoms with E-state index in [0.717, 1.165) is 77.1 Å². The molecule has 2 unspecified atom stereocenters. The predicted molar refractivity (Wildman–Crippen MR) is 145 cm³/mol. The number of thiocarbonyl (C=S) groups is 1. The number of ether oxygens (including phenoxy) is 4. The van der Waals surface area contributed by atoms with E-state index in [4.69, 9.17) is 31.2 Å². The lowest BCUT2D eigenvalue weighted by Gasteiger charge is -2.37. The second-order valence-corrected chi connectivity index (χ2v) is 9.79. The van der Waals surface area contributed by atoms with Gasteiger partial charge in [-0.05, 0) is 24.4 Å². The normalized spacial score (nSPS) is 21.2. The second-order valence-electron chi connectivity index (χ2n) is 9.41. The molecule has 1 aromatic carbocycles. The number of aromatic amines is 1. The van der Waals surface area contributed by atoms with Crippen LogP contribution in [0.4, 0.5) is 5.82 Å². The third kappa shape index (κ3) is 4.16. The number of nitrogens with one attached hydrogen (secondary N) is 2. The van der Waals surface area contributed by atoms with E-state index in [1.54, 1.807) is 20.5 Å². The van der Waals surface area contributed by atoms with E-state index in [2.05, 4.69) is 43.1 Å². The molecule has 0 radical (unpaired) electrons. The summed E-state index contributed by atoms with van der Waals surface area (Å²) in [5.74, 6) is 4.60. The molecule has 4 heterocycles. The Morgan fingerprint density at radius 1 is 1.14 bits per heavy atom. The molecule has 0 saturated carbocycles. The molecule has 11 heteroatoms. The van der Waals surface area contributed by atoms with Crippen LogP contribution in [0, 0.1) is 11.8 Å². The Bertz CT molecular complexity index is 1410. The molecule has 3 aliphatic rings. The Balaban J connectivity index is 1.13. The maximum atomic E-state index is 5.76. The van der Waals surface area contributed by atoms with Crippen LogP contribution in [0.1, 0.15) is 6.92 Å². The van der Waals surface area contributed by atoms with Crippen LogP contribution in [0.3, 0.4) is 0 Å². The van der Waals surface area contributed by atoms with Gasteiger partial charge in [0.25, 0.3) is 0 Å². The summed E-state index contributed by atoms with van der Waals surface area (Å²) < 4.78 is 22.2. The molecule has 2 aliphatic heterocycles. The molecule has 194 valence electrons. The van der Waals surface area contributed by atoms with Gasteiger partial charge in [0.15, 0.2) is 22.4 Å². The Morgan fingerprint density at radius 3 is 2.70 bits per heavy atom. The SMILES string of the molecule is COc1cc2[nH]c3ncnc(N4CCN(C(=S)NCC5C=CC6=C(OCO6)C5C)CC4)c3c2cc1OC. The molecular formula is C26H30N6O4S. The van der Waals surface area contributed by atoms with Gasteiger partial charge in [0.1, 0.15) is 23.6 Å². The van der Waals surface area contributed by atoms with Crippen LogP contribution in [0.25, 0.3) is 21.9 Å². The number of allylic oxidation sites excluding steroid dienone is 2. The van der Waals surface area contributed by atoms with Gasteiger partial charge < -0.3 is 39.0 Å². The first kappa shape index (κ1) is 23.7. The fraction of sp³-hybridized carbons (Fsp3) is 0.423. The average Bonchev–Trinajstić information content (AvgIpc) is 3.56. The summed E-state index contributed by atoms with van der Waals surface area (Å²) in [6, 6.07) is 3.92. The molecule has 1 saturated heterocycles. The maximum Gasteiger partial charge on any atom is 0.230 e. The standard InChI is InChI=1S/C26H30N6O4S/c1-15-16(4-5-19-23(15)36-14-35-19)12-27-26(37)32-8-6-31(7-9-32)25-22-17-10-20(33-2)21(34-3)11-18(17)30-24(22)28-13-29-25/h4-5,10-11,13,15-16H,6-9,12,14H2,1-3H3,(H,27,37)(H,28,29,30). The number of H-pyrrole nitrogens is 1. The third-order valence-corrected chi connectivity index (χ3v) is 7.85. The summed E-state index contributed by atoms with van der Waals surface area (Å²) in [6.07, 6.45) is 5.80. The van der Waals surface area contributed by atoms with Crippen molar-refractivity contribution in [2.45, 2.75) is 6.92 Å². The predicted octanol–water partition coefficient (Wildman–Crippen LogP) is 3.16. The van der Waals surface area contributed by atoms with Crippen molar-refractivity contribution in [2.24, 2.45) is 11.8 Å². The van der Waals surface area contributed by atoms with Gasteiger partial charge in [0.2, 0.25) is 6.79 Å². The molecule has 0 amide bonds. The van der Waals surface area contributed by atoms with Gasteiger partial charge in [-0.1, -0.05) is 13.0 Å². The van der Waals surface area contributed by atoms with Crippen molar-refractivity contribution < 1.29 is 18.9 Å². The van der Waals surface area contributed by atoms with Crippen LogP contribution in [0.15, 0.2) is 42.1 Å². The second kappa shape index (κ2) is 9.62. The van der Waals surface area contributed by atoms with E-state index < -0.39 is 0 Å². The summed E-state index contributed by atoms with van der Waals surface area (Å²) in [7, 11) is 3.28. The fourth-order valence-corrected chi connectivity index (χ4v) is 5.58. The number of hydrogen-bond acceptors (Lipinski definition) is 8. The minimum Gasteiger partial charge on any atom is -0.493 e. The monoisotopic (exact) mass is 522 g/mol. The lowest BCUT2D eigenvalue weighted by molar-refractivity contribution is 0.0653. The Kier molecular flexibility index (Phi) is 6.15. The lowest BCUT2D eigenvalue weighted by Crippen LogP contribution is -2.52. The average molecular weight is 523 g/mol. The highest BCUT2D eigenvalue weighted by atomic mass is 32.1. The molecule has 10 nitrogen and oxygen atoms in total. The topological polar surface area (TPSA) is 97.0 Å². The van der Waals surface area contributed by atoms with Crippen molar-refractivity contribution in [1.29, 1.82) is 0 Å². The van der Waals surface area contributed by atoms with Crippen LogP contribution in [-0.4, -0.2) is 78.7 Å². The van der Waals surface area contributed by atoms with E-state index in [9.17, 15) is 0 Å². The maximum absolute atomic E-state index is 5.76. The van der Waals surface area contributed by atoms with Gasteiger partial charge >= 0.3 is 0 Å². The van der Waals surface area contributed by atoms with Crippen molar-refractivity contribution in [1.82, 2.24) is 25.2 Å². The number of methoxy groups -OCH3 is 2. The first-order chi connectivity index (χ1) is 18.1. The van der Waals surface area contributed by atoms with E-state index in [1.165, 1.54) is 0 Å². The van der Waals surface area contributed by atoms with Crippen LogP contribution < -0.4 is 19.7 Å². The van der Waals surface area contributed by atoms with E-state index in [0.29, 0.717) is 24.2 Å². The Labute approximate surface area is 220 Å². The zero-order valence-electron chi connectivity index (χ0n) is 21.1. The molecule has 0 spiro atoms. The first-order valence-electron chi connectivity index (χ1n) is 12.4. The van der Waals surface area contributed by atoms with Gasteiger partial charge in [-0.25, -0.2) is 9.97 Å². The Hall–Kier alpha value is -3.73. The van der Waals surface area contributed by atoms with E-state index in [-0.39, 0.29) is 5.92 Å². The van der Waals surface area contributed by atoms with Gasteiger partial charge in [0.05, 0.1) is 25.1 Å². The lowest BCUT2D eigenvalue weighted by atomic mass is 9.87. The summed E-state index contributed by atoms with van der Waals surface area (Å²) in [5.41, 5.74) is 1.72. The first-order valence-corrected chi connectivity index (χ1v) is 12.8. The number of benzene rings is 1. The largest absolute Gasteiger partial charge is 0.493 e. The molecule has 1 aliphatic carbocycles. The van der Waals surface area contributed by atoms with Crippen LogP contribution >= 0.6 is 12.2 Å². The van der Waals surface area contributed by atoms with Crippen LogP contribution in [-0.2, 0) is 9.47 Å². The van der Waals surface area contributed by atoms with Crippen molar-refractivity contribution in [3.05, 3.63) is 42.1 Å². The van der Waals surface area contributed by atoms with Gasteiger partial charge in [-0.15, -0.1) is 0 Å². The number of rotatable bonds is 5. The minimum absolute atomic E-state index is 0.254. The number of piperazine rings is 1. The third-order valence-electron chi connectivity index (χ3n) is 7.45.